The van der Waals surface area contributed by atoms with E-state index in [1.54, 1.807) is 12.1 Å². The van der Waals surface area contributed by atoms with E-state index >= 15 is 0 Å². The lowest BCUT2D eigenvalue weighted by Gasteiger charge is -1.97. The predicted molar refractivity (Wildman–Crippen MR) is 65.6 cm³/mol. The molecule has 2 rings (SSSR count). The molecular formula is C12H9NO3S. The minimum Gasteiger partial charge on any atom is -0.288 e. The minimum atomic E-state index is -0.498. The van der Waals surface area contributed by atoms with E-state index in [0.29, 0.717) is 10.4 Å². The Morgan fingerprint density at radius 3 is 2.47 bits per heavy atom. The van der Waals surface area contributed by atoms with Gasteiger partial charge in [-0.2, -0.15) is 0 Å². The van der Waals surface area contributed by atoms with Gasteiger partial charge < -0.3 is 0 Å². The van der Waals surface area contributed by atoms with E-state index in [1.807, 2.05) is 19.1 Å². The van der Waals surface area contributed by atoms with Crippen molar-refractivity contribution >= 4 is 22.8 Å². The van der Waals surface area contributed by atoms with Crippen molar-refractivity contribution in [3.8, 4) is 0 Å². The molecule has 86 valence electrons. The third-order valence-electron chi connectivity index (χ3n) is 2.33. The lowest BCUT2D eigenvalue weighted by atomic mass is 10.1. The summed E-state index contributed by atoms with van der Waals surface area (Å²) in [4.78, 5) is 22.4. The second-order valence-corrected chi connectivity index (χ2v) is 4.53. The highest BCUT2D eigenvalue weighted by Crippen LogP contribution is 2.23. The Labute approximate surface area is 102 Å². The quantitative estimate of drug-likeness (QED) is 0.475. The molecule has 0 N–H and O–H groups in total. The number of nitrogens with zero attached hydrogens (tertiary/aromatic N) is 1. The molecule has 0 aliphatic carbocycles. The standard InChI is InChI=1S/C12H9NO3S/c1-8-2-4-9(5-3-8)12(14)11-6-10(7-17-11)13(15)16/h2-7H,1H3. The van der Waals surface area contributed by atoms with Crippen molar-refractivity contribution in [3.05, 3.63) is 61.8 Å². The molecule has 2 aromatic rings. The molecule has 0 bridgehead atoms. The average molecular weight is 247 g/mol. The van der Waals surface area contributed by atoms with Gasteiger partial charge in [-0.05, 0) is 6.92 Å². The number of rotatable bonds is 3. The zero-order valence-corrected chi connectivity index (χ0v) is 9.86. The van der Waals surface area contributed by atoms with Crippen LogP contribution >= 0.6 is 11.3 Å². The van der Waals surface area contributed by atoms with Crippen molar-refractivity contribution in [3.63, 3.8) is 0 Å². The molecule has 0 unspecified atom stereocenters. The molecule has 4 nitrogen and oxygen atoms in total. The third kappa shape index (κ3) is 2.39. The fourth-order valence-corrected chi connectivity index (χ4v) is 2.20. The van der Waals surface area contributed by atoms with Gasteiger partial charge in [-0.3, -0.25) is 14.9 Å². The van der Waals surface area contributed by atoms with Crippen LogP contribution in [0.25, 0.3) is 0 Å². The van der Waals surface area contributed by atoms with E-state index in [1.165, 1.54) is 11.4 Å². The van der Waals surface area contributed by atoms with Crippen LogP contribution in [0.3, 0.4) is 0 Å². The predicted octanol–water partition coefficient (Wildman–Crippen LogP) is 3.20. The maximum atomic E-state index is 12.0. The zero-order valence-electron chi connectivity index (χ0n) is 9.04. The Kier molecular flexibility index (Phi) is 3.01. The van der Waals surface area contributed by atoms with E-state index in [4.69, 9.17) is 0 Å². The van der Waals surface area contributed by atoms with E-state index in [2.05, 4.69) is 0 Å². The number of thiophene rings is 1. The summed E-state index contributed by atoms with van der Waals surface area (Å²) in [5.41, 5.74) is 1.58. The van der Waals surface area contributed by atoms with Gasteiger partial charge in [0.1, 0.15) is 0 Å². The van der Waals surface area contributed by atoms with Crippen molar-refractivity contribution in [1.82, 2.24) is 0 Å². The summed E-state index contributed by atoms with van der Waals surface area (Å²) < 4.78 is 0. The first-order valence-corrected chi connectivity index (χ1v) is 5.80. The first-order chi connectivity index (χ1) is 8.08. The first-order valence-electron chi connectivity index (χ1n) is 4.92. The number of carbonyl (C=O) groups is 1. The number of ketones is 1. The fraction of sp³-hybridized carbons (Fsp3) is 0.0833. The Morgan fingerprint density at radius 1 is 1.29 bits per heavy atom. The van der Waals surface area contributed by atoms with Crippen molar-refractivity contribution in [2.24, 2.45) is 0 Å². The summed E-state index contributed by atoms with van der Waals surface area (Å²) in [5.74, 6) is -0.178. The third-order valence-corrected chi connectivity index (χ3v) is 3.25. The number of carbonyl (C=O) groups excluding carboxylic acids is 1. The van der Waals surface area contributed by atoms with Crippen LogP contribution in [0.1, 0.15) is 20.8 Å². The normalized spacial score (nSPS) is 10.2. The minimum absolute atomic E-state index is 0.0366. The van der Waals surface area contributed by atoms with Gasteiger partial charge in [0.15, 0.2) is 0 Å². The lowest BCUT2D eigenvalue weighted by Crippen LogP contribution is -1.98. The summed E-state index contributed by atoms with van der Waals surface area (Å²) in [6, 6.07) is 8.45. The fourth-order valence-electron chi connectivity index (χ4n) is 1.39. The Balaban J connectivity index is 2.30. The molecule has 0 radical (unpaired) electrons. The molecule has 1 aromatic carbocycles. The van der Waals surface area contributed by atoms with Crippen LogP contribution in [-0.2, 0) is 0 Å². The highest BCUT2D eigenvalue weighted by molar-refractivity contribution is 7.12. The maximum absolute atomic E-state index is 12.0. The number of benzene rings is 1. The molecule has 0 fully saturated rings. The van der Waals surface area contributed by atoms with Crippen LogP contribution in [0.4, 0.5) is 5.69 Å². The van der Waals surface area contributed by atoms with Gasteiger partial charge in [0, 0.05) is 11.6 Å². The van der Waals surface area contributed by atoms with Crippen LogP contribution in [0, 0.1) is 17.0 Å². The molecule has 0 saturated carbocycles. The van der Waals surface area contributed by atoms with E-state index in [0.717, 1.165) is 16.9 Å². The molecule has 1 heterocycles. The highest BCUT2D eigenvalue weighted by Gasteiger charge is 2.16. The first kappa shape index (κ1) is 11.5. The van der Waals surface area contributed by atoms with Gasteiger partial charge in [-0.25, -0.2) is 0 Å². The highest BCUT2D eigenvalue weighted by atomic mass is 32.1. The van der Waals surface area contributed by atoms with Crippen molar-refractivity contribution < 1.29 is 9.72 Å². The summed E-state index contributed by atoms with van der Waals surface area (Å²) in [6.45, 7) is 1.93. The van der Waals surface area contributed by atoms with Crippen LogP contribution in [0.5, 0.6) is 0 Å². The van der Waals surface area contributed by atoms with Gasteiger partial charge in [-0.1, -0.05) is 29.8 Å². The van der Waals surface area contributed by atoms with Crippen LogP contribution in [0.15, 0.2) is 35.7 Å². The van der Waals surface area contributed by atoms with Crippen LogP contribution in [0.2, 0.25) is 0 Å². The van der Waals surface area contributed by atoms with Gasteiger partial charge in [0.05, 0.1) is 15.2 Å². The van der Waals surface area contributed by atoms with Crippen LogP contribution < -0.4 is 0 Å². The number of aryl methyl sites for hydroxylation is 1. The average Bonchev–Trinajstić information content (AvgIpc) is 2.78. The SMILES string of the molecule is Cc1ccc(C(=O)c2cc([N+](=O)[O-])cs2)cc1. The Morgan fingerprint density at radius 2 is 1.94 bits per heavy atom. The van der Waals surface area contributed by atoms with Crippen molar-refractivity contribution in [2.45, 2.75) is 6.92 Å². The summed E-state index contributed by atoms with van der Waals surface area (Å²) in [7, 11) is 0. The Hall–Kier alpha value is -2.01. The smallest absolute Gasteiger partial charge is 0.280 e. The molecule has 0 aliphatic heterocycles. The number of nitro groups is 1. The van der Waals surface area contributed by atoms with E-state index in [9.17, 15) is 14.9 Å². The summed E-state index contributed by atoms with van der Waals surface area (Å²) >= 11 is 1.09. The lowest BCUT2D eigenvalue weighted by molar-refractivity contribution is -0.384. The molecule has 5 heteroatoms. The molecule has 0 aliphatic rings. The molecule has 1 aromatic heterocycles. The molecule has 0 atom stereocenters. The number of hydrogen-bond acceptors (Lipinski definition) is 4. The molecule has 0 saturated heterocycles. The van der Waals surface area contributed by atoms with E-state index < -0.39 is 4.92 Å². The molecule has 0 amide bonds. The second kappa shape index (κ2) is 4.47. The summed E-state index contributed by atoms with van der Waals surface area (Å²) in [6.07, 6.45) is 0. The van der Waals surface area contributed by atoms with E-state index in [-0.39, 0.29) is 11.5 Å². The van der Waals surface area contributed by atoms with Gasteiger partial charge in [0.2, 0.25) is 5.78 Å². The van der Waals surface area contributed by atoms with Gasteiger partial charge in [-0.15, -0.1) is 11.3 Å². The molecule has 17 heavy (non-hydrogen) atoms. The van der Waals surface area contributed by atoms with Crippen molar-refractivity contribution in [2.75, 3.05) is 0 Å². The zero-order chi connectivity index (χ0) is 12.4. The molecule has 0 spiro atoms. The topological polar surface area (TPSA) is 60.2 Å². The number of hydrogen-bond donors (Lipinski definition) is 0. The summed E-state index contributed by atoms with van der Waals surface area (Å²) in [5, 5.41) is 11.9. The van der Waals surface area contributed by atoms with Gasteiger partial charge in [0.25, 0.3) is 5.69 Å². The van der Waals surface area contributed by atoms with Crippen molar-refractivity contribution in [1.29, 1.82) is 0 Å². The Bertz CT molecular complexity index is 572. The monoisotopic (exact) mass is 247 g/mol. The molecular weight excluding hydrogens is 238 g/mol. The maximum Gasteiger partial charge on any atom is 0.280 e. The van der Waals surface area contributed by atoms with Gasteiger partial charge >= 0.3 is 0 Å². The van der Waals surface area contributed by atoms with Crippen LogP contribution in [-0.4, -0.2) is 10.7 Å². The second-order valence-electron chi connectivity index (χ2n) is 3.62. The largest absolute Gasteiger partial charge is 0.288 e.